The number of nitrogens with one attached hydrogen (secondary N) is 1. The van der Waals surface area contributed by atoms with Gasteiger partial charge < -0.3 is 15.0 Å². The summed E-state index contributed by atoms with van der Waals surface area (Å²) >= 11 is 0. The summed E-state index contributed by atoms with van der Waals surface area (Å²) < 4.78 is 5.59. The number of amides is 2. The molecule has 1 aromatic carbocycles. The normalized spacial score (nSPS) is 21.8. The Bertz CT molecular complexity index is 566. The van der Waals surface area contributed by atoms with E-state index in [4.69, 9.17) is 4.74 Å². The second-order valence-electron chi connectivity index (χ2n) is 5.46. The van der Waals surface area contributed by atoms with E-state index in [9.17, 15) is 9.59 Å². The molecule has 1 fully saturated rings. The van der Waals surface area contributed by atoms with Crippen molar-refractivity contribution in [3.05, 3.63) is 18.2 Å². The molecule has 106 valence electrons. The van der Waals surface area contributed by atoms with Crippen molar-refractivity contribution in [2.75, 3.05) is 17.3 Å². The lowest BCUT2D eigenvalue weighted by atomic mass is 9.85. The Hall–Kier alpha value is -2.04. The molecular formula is C15H18N2O3. The molecule has 1 aliphatic heterocycles. The Morgan fingerprint density at radius 3 is 2.80 bits per heavy atom. The molecule has 5 nitrogen and oxygen atoms in total. The highest BCUT2D eigenvalue weighted by molar-refractivity contribution is 6.00. The minimum atomic E-state index is -0.495. The molecular weight excluding hydrogens is 256 g/mol. The van der Waals surface area contributed by atoms with E-state index in [0.717, 1.165) is 30.6 Å². The number of rotatable bonds is 2. The summed E-state index contributed by atoms with van der Waals surface area (Å²) in [5, 5.41) is 2.91. The maximum atomic E-state index is 11.9. The third kappa shape index (κ3) is 2.13. The standard InChI is InChI=1S/C15H18N2O3/c1-9-15(19)17(2)12-7-6-11(8-13(12)20-9)16-14(18)10-4-3-5-10/h6-10H,3-5H2,1-2H3,(H,16,18). The summed E-state index contributed by atoms with van der Waals surface area (Å²) in [6.07, 6.45) is 2.59. The molecule has 0 aromatic heterocycles. The number of anilines is 2. The van der Waals surface area contributed by atoms with Gasteiger partial charge in [-0.1, -0.05) is 6.42 Å². The van der Waals surface area contributed by atoms with Gasteiger partial charge in [0.1, 0.15) is 5.75 Å². The van der Waals surface area contributed by atoms with Gasteiger partial charge in [-0.25, -0.2) is 0 Å². The first kappa shape index (κ1) is 13.0. The molecule has 1 aliphatic carbocycles. The van der Waals surface area contributed by atoms with Crippen LogP contribution in [0.15, 0.2) is 18.2 Å². The number of likely N-dealkylation sites (N-methyl/N-ethyl adjacent to an activating group) is 1. The Balaban J connectivity index is 1.80. The molecule has 2 amide bonds. The van der Waals surface area contributed by atoms with Crippen LogP contribution in [0.1, 0.15) is 26.2 Å². The van der Waals surface area contributed by atoms with E-state index in [1.165, 1.54) is 0 Å². The van der Waals surface area contributed by atoms with Crippen LogP contribution < -0.4 is 15.0 Å². The summed E-state index contributed by atoms with van der Waals surface area (Å²) in [5.74, 6) is 0.786. The first-order chi connectivity index (χ1) is 9.56. The Morgan fingerprint density at radius 1 is 1.40 bits per heavy atom. The Kier molecular flexibility index (Phi) is 3.12. The molecule has 0 bridgehead atoms. The second kappa shape index (κ2) is 4.81. The number of carbonyl (C=O) groups is 2. The molecule has 20 heavy (non-hydrogen) atoms. The van der Waals surface area contributed by atoms with E-state index in [1.807, 2.05) is 0 Å². The number of fused-ring (bicyclic) bond motifs is 1. The number of nitrogens with zero attached hydrogens (tertiary/aromatic N) is 1. The molecule has 0 spiro atoms. The van der Waals surface area contributed by atoms with E-state index in [1.54, 1.807) is 37.1 Å². The van der Waals surface area contributed by atoms with Gasteiger partial charge in [0.2, 0.25) is 5.91 Å². The van der Waals surface area contributed by atoms with Gasteiger partial charge in [0.15, 0.2) is 6.10 Å². The van der Waals surface area contributed by atoms with E-state index < -0.39 is 6.10 Å². The molecule has 2 aliphatic rings. The van der Waals surface area contributed by atoms with E-state index in [0.29, 0.717) is 5.75 Å². The molecule has 0 radical (unpaired) electrons. The predicted octanol–water partition coefficient (Wildman–Crippen LogP) is 2.17. The van der Waals surface area contributed by atoms with Crippen LogP contribution in [-0.2, 0) is 9.59 Å². The van der Waals surface area contributed by atoms with Gasteiger partial charge in [-0.3, -0.25) is 9.59 Å². The lowest BCUT2D eigenvalue weighted by Gasteiger charge is -2.30. The molecule has 1 saturated carbocycles. The number of benzene rings is 1. The first-order valence-corrected chi connectivity index (χ1v) is 6.95. The maximum Gasteiger partial charge on any atom is 0.267 e. The molecule has 3 rings (SSSR count). The summed E-state index contributed by atoms with van der Waals surface area (Å²) in [6.45, 7) is 1.72. The fourth-order valence-electron chi connectivity index (χ4n) is 2.51. The van der Waals surface area contributed by atoms with Gasteiger partial charge in [0, 0.05) is 24.7 Å². The van der Waals surface area contributed by atoms with Crippen LogP contribution >= 0.6 is 0 Å². The van der Waals surface area contributed by atoms with Crippen molar-refractivity contribution in [2.24, 2.45) is 5.92 Å². The van der Waals surface area contributed by atoms with Crippen molar-refractivity contribution >= 4 is 23.2 Å². The highest BCUT2D eigenvalue weighted by atomic mass is 16.5. The molecule has 1 atom stereocenters. The van der Waals surface area contributed by atoms with Crippen LogP contribution in [0.2, 0.25) is 0 Å². The largest absolute Gasteiger partial charge is 0.479 e. The van der Waals surface area contributed by atoms with Gasteiger partial charge >= 0.3 is 0 Å². The summed E-state index contributed by atoms with van der Waals surface area (Å²) in [6, 6.07) is 5.39. The van der Waals surface area contributed by atoms with Gasteiger partial charge in [0.25, 0.3) is 5.91 Å². The minimum absolute atomic E-state index is 0.0660. The number of carbonyl (C=O) groups excluding carboxylic acids is 2. The molecule has 1 N–H and O–H groups in total. The predicted molar refractivity (Wildman–Crippen MR) is 75.9 cm³/mol. The van der Waals surface area contributed by atoms with Crippen molar-refractivity contribution < 1.29 is 14.3 Å². The van der Waals surface area contributed by atoms with Crippen LogP contribution in [0, 0.1) is 5.92 Å². The van der Waals surface area contributed by atoms with Crippen molar-refractivity contribution in [1.82, 2.24) is 0 Å². The van der Waals surface area contributed by atoms with Gasteiger partial charge in [0.05, 0.1) is 5.69 Å². The second-order valence-corrected chi connectivity index (χ2v) is 5.46. The summed E-state index contributed by atoms with van der Waals surface area (Å²) in [7, 11) is 1.73. The lowest BCUT2D eigenvalue weighted by Crippen LogP contribution is -2.42. The van der Waals surface area contributed by atoms with Gasteiger partial charge in [-0.05, 0) is 31.9 Å². The van der Waals surface area contributed by atoms with Crippen molar-refractivity contribution in [3.8, 4) is 5.75 Å². The van der Waals surface area contributed by atoms with Crippen molar-refractivity contribution in [3.63, 3.8) is 0 Å². The average molecular weight is 274 g/mol. The van der Waals surface area contributed by atoms with E-state index in [2.05, 4.69) is 5.32 Å². The minimum Gasteiger partial charge on any atom is -0.479 e. The monoisotopic (exact) mass is 274 g/mol. The molecule has 1 aromatic rings. The Morgan fingerprint density at radius 2 is 2.15 bits per heavy atom. The lowest BCUT2D eigenvalue weighted by molar-refractivity contribution is -0.125. The topological polar surface area (TPSA) is 58.6 Å². The van der Waals surface area contributed by atoms with Crippen LogP contribution in [0.4, 0.5) is 11.4 Å². The van der Waals surface area contributed by atoms with Crippen molar-refractivity contribution in [2.45, 2.75) is 32.3 Å². The fraction of sp³-hybridized carbons (Fsp3) is 0.467. The third-order valence-electron chi connectivity index (χ3n) is 4.05. The van der Waals surface area contributed by atoms with Gasteiger partial charge in [-0.15, -0.1) is 0 Å². The van der Waals surface area contributed by atoms with Crippen LogP contribution in [0.25, 0.3) is 0 Å². The zero-order valence-electron chi connectivity index (χ0n) is 11.7. The van der Waals surface area contributed by atoms with Crippen LogP contribution in [0.3, 0.4) is 0 Å². The highest BCUT2D eigenvalue weighted by Crippen LogP contribution is 2.36. The Labute approximate surface area is 117 Å². The third-order valence-corrected chi connectivity index (χ3v) is 4.05. The highest BCUT2D eigenvalue weighted by Gasteiger charge is 2.29. The molecule has 1 heterocycles. The zero-order valence-corrected chi connectivity index (χ0v) is 11.7. The summed E-state index contributed by atoms with van der Waals surface area (Å²) in [5.41, 5.74) is 1.45. The number of hydrogen-bond donors (Lipinski definition) is 1. The zero-order chi connectivity index (χ0) is 14.3. The van der Waals surface area contributed by atoms with Crippen LogP contribution in [0.5, 0.6) is 5.75 Å². The average Bonchev–Trinajstić information content (AvgIpc) is 2.33. The van der Waals surface area contributed by atoms with E-state index >= 15 is 0 Å². The van der Waals surface area contributed by atoms with E-state index in [-0.39, 0.29) is 17.7 Å². The first-order valence-electron chi connectivity index (χ1n) is 6.95. The molecule has 5 heteroatoms. The fourth-order valence-corrected chi connectivity index (χ4v) is 2.51. The molecule has 0 saturated heterocycles. The SMILES string of the molecule is CC1Oc2cc(NC(=O)C3CCC3)ccc2N(C)C1=O. The molecule has 1 unspecified atom stereocenters. The number of ether oxygens (including phenoxy) is 1. The summed E-state index contributed by atoms with van der Waals surface area (Å²) in [4.78, 5) is 25.3. The number of hydrogen-bond acceptors (Lipinski definition) is 3. The smallest absolute Gasteiger partial charge is 0.267 e. The quantitative estimate of drug-likeness (QED) is 0.899. The maximum absolute atomic E-state index is 11.9. The van der Waals surface area contributed by atoms with Gasteiger partial charge in [-0.2, -0.15) is 0 Å². The van der Waals surface area contributed by atoms with Crippen molar-refractivity contribution in [1.29, 1.82) is 0 Å². The van der Waals surface area contributed by atoms with Crippen LogP contribution in [-0.4, -0.2) is 25.0 Å².